The normalized spacial score (nSPS) is 33.4. The number of aromatic nitrogens is 1. The first-order chi connectivity index (χ1) is 13.2. The summed E-state index contributed by atoms with van der Waals surface area (Å²) >= 11 is 7.52. The van der Waals surface area contributed by atoms with Crippen molar-refractivity contribution in [2.24, 2.45) is 5.73 Å². The second-order valence-electron chi connectivity index (χ2n) is 6.45. The number of nitrogens with zero attached hydrogens (tertiary/aromatic N) is 1. The fourth-order valence-corrected chi connectivity index (χ4v) is 4.81. The molecular weight excluding hydrogens is 388 g/mol. The Balaban J connectivity index is 1.49. The molecule has 0 saturated carbocycles. The lowest BCUT2D eigenvalue weighted by atomic mass is 9.97. The third-order valence-corrected chi connectivity index (χ3v) is 5.98. The molecule has 6 unspecified atom stereocenters. The lowest BCUT2D eigenvalue weighted by Gasteiger charge is -2.47. The molecular formula is C19H21ClN2O4S. The summed E-state index contributed by atoms with van der Waals surface area (Å²) in [6.45, 7) is 0.402. The van der Waals surface area contributed by atoms with E-state index in [4.69, 9.17) is 36.3 Å². The zero-order chi connectivity index (χ0) is 18.8. The number of pyridine rings is 1. The Morgan fingerprint density at radius 1 is 1.22 bits per heavy atom. The van der Waals surface area contributed by atoms with Gasteiger partial charge in [0.2, 0.25) is 0 Å². The van der Waals surface area contributed by atoms with Gasteiger partial charge in [-0.05, 0) is 6.07 Å². The van der Waals surface area contributed by atoms with E-state index in [9.17, 15) is 0 Å². The van der Waals surface area contributed by atoms with Crippen LogP contribution in [0.15, 0.2) is 53.7 Å². The zero-order valence-corrected chi connectivity index (χ0v) is 16.3. The fraction of sp³-hybridized carbons (Fsp3) is 0.421. The number of hydrogen-bond acceptors (Lipinski definition) is 7. The van der Waals surface area contributed by atoms with Gasteiger partial charge in [-0.25, -0.2) is 0 Å². The van der Waals surface area contributed by atoms with Gasteiger partial charge in [0, 0.05) is 30.0 Å². The number of methoxy groups -OCH3 is 1. The molecule has 27 heavy (non-hydrogen) atoms. The lowest BCUT2D eigenvalue weighted by molar-refractivity contribution is -0.298. The molecule has 6 atom stereocenters. The first-order valence-electron chi connectivity index (χ1n) is 8.69. The van der Waals surface area contributed by atoms with E-state index >= 15 is 0 Å². The molecule has 1 aromatic heterocycles. The highest BCUT2D eigenvalue weighted by Crippen LogP contribution is 2.39. The Morgan fingerprint density at radius 2 is 2.04 bits per heavy atom. The molecule has 2 aliphatic rings. The average molecular weight is 409 g/mol. The van der Waals surface area contributed by atoms with Crippen molar-refractivity contribution < 1.29 is 18.9 Å². The standard InChI is InChI=1S/C19H21ClN2O4S/c1-23-17-15(21)16-14(10-24-18(26-16)11-5-3-2-4-6-11)25-19(17)27-13-7-12(20)8-22-9-13/h2-9,14-19H,10,21H2,1H3. The Bertz CT molecular complexity index is 768. The second-order valence-corrected chi connectivity index (χ2v) is 8.06. The highest BCUT2D eigenvalue weighted by atomic mass is 35.5. The maximum absolute atomic E-state index is 6.52. The number of thioether (sulfide) groups is 1. The summed E-state index contributed by atoms with van der Waals surface area (Å²) < 4.78 is 23.9. The molecule has 2 N–H and O–H groups in total. The number of fused-ring (bicyclic) bond motifs is 1. The third kappa shape index (κ3) is 4.14. The van der Waals surface area contributed by atoms with Crippen LogP contribution in [0.2, 0.25) is 5.02 Å². The molecule has 2 fully saturated rings. The van der Waals surface area contributed by atoms with Crippen molar-refractivity contribution in [1.29, 1.82) is 0 Å². The van der Waals surface area contributed by atoms with E-state index in [1.807, 2.05) is 36.4 Å². The molecule has 1 aromatic carbocycles. The van der Waals surface area contributed by atoms with Crippen LogP contribution in [-0.4, -0.2) is 48.5 Å². The van der Waals surface area contributed by atoms with Crippen molar-refractivity contribution in [2.45, 2.75) is 41.0 Å². The van der Waals surface area contributed by atoms with Crippen molar-refractivity contribution in [2.75, 3.05) is 13.7 Å². The predicted molar refractivity (Wildman–Crippen MR) is 103 cm³/mol. The van der Waals surface area contributed by atoms with Crippen molar-refractivity contribution in [1.82, 2.24) is 4.98 Å². The van der Waals surface area contributed by atoms with Gasteiger partial charge in [-0.15, -0.1) is 0 Å². The zero-order valence-electron chi connectivity index (χ0n) is 14.7. The van der Waals surface area contributed by atoms with Gasteiger partial charge < -0.3 is 24.7 Å². The molecule has 0 amide bonds. The topological polar surface area (TPSA) is 75.8 Å². The summed E-state index contributed by atoms with van der Waals surface area (Å²) in [5, 5.41) is 0.571. The molecule has 2 saturated heterocycles. The largest absolute Gasteiger partial charge is 0.376 e. The van der Waals surface area contributed by atoms with Gasteiger partial charge in [-0.3, -0.25) is 4.98 Å². The van der Waals surface area contributed by atoms with E-state index in [0.717, 1.165) is 10.5 Å². The summed E-state index contributed by atoms with van der Waals surface area (Å²) in [6, 6.07) is 11.3. The molecule has 2 aromatic rings. The maximum Gasteiger partial charge on any atom is 0.184 e. The molecule has 0 radical (unpaired) electrons. The highest BCUT2D eigenvalue weighted by Gasteiger charge is 2.49. The molecule has 0 spiro atoms. The number of rotatable bonds is 4. The van der Waals surface area contributed by atoms with Crippen LogP contribution in [0.3, 0.4) is 0 Å². The Morgan fingerprint density at radius 3 is 2.78 bits per heavy atom. The molecule has 2 aliphatic heterocycles. The van der Waals surface area contributed by atoms with Crippen LogP contribution in [-0.2, 0) is 18.9 Å². The van der Waals surface area contributed by atoms with Crippen LogP contribution in [0.4, 0.5) is 0 Å². The minimum atomic E-state index is -0.457. The van der Waals surface area contributed by atoms with Crippen molar-refractivity contribution in [3.05, 3.63) is 59.4 Å². The average Bonchev–Trinajstić information content (AvgIpc) is 2.69. The summed E-state index contributed by atoms with van der Waals surface area (Å²) in [4.78, 5) is 5.00. The first kappa shape index (κ1) is 19.1. The molecule has 0 bridgehead atoms. The summed E-state index contributed by atoms with van der Waals surface area (Å²) in [5.41, 5.74) is 7.16. The SMILES string of the molecule is COC1C(Sc2cncc(Cl)c2)OC2COC(c3ccccc3)OC2C1N. The van der Waals surface area contributed by atoms with E-state index in [-0.39, 0.29) is 29.8 Å². The Labute approximate surface area is 167 Å². The minimum Gasteiger partial charge on any atom is -0.376 e. The van der Waals surface area contributed by atoms with Crippen LogP contribution in [0.25, 0.3) is 0 Å². The number of hydrogen-bond donors (Lipinski definition) is 1. The van der Waals surface area contributed by atoms with Crippen LogP contribution in [0.5, 0.6) is 0 Å². The first-order valence-corrected chi connectivity index (χ1v) is 9.94. The smallest absolute Gasteiger partial charge is 0.184 e. The van der Waals surface area contributed by atoms with E-state index in [0.29, 0.717) is 11.6 Å². The van der Waals surface area contributed by atoms with Crippen molar-refractivity contribution in [3.8, 4) is 0 Å². The molecule has 0 aliphatic carbocycles. The van der Waals surface area contributed by atoms with Crippen LogP contribution < -0.4 is 5.73 Å². The van der Waals surface area contributed by atoms with Gasteiger partial charge in [-0.1, -0.05) is 53.7 Å². The van der Waals surface area contributed by atoms with Gasteiger partial charge in [0.05, 0.1) is 17.7 Å². The highest BCUT2D eigenvalue weighted by molar-refractivity contribution is 7.99. The minimum absolute atomic E-state index is 0.268. The van der Waals surface area contributed by atoms with Gasteiger partial charge in [0.1, 0.15) is 23.7 Å². The second kappa shape index (κ2) is 8.45. The summed E-state index contributed by atoms with van der Waals surface area (Å²) in [5.74, 6) is 0. The quantitative estimate of drug-likeness (QED) is 0.833. The number of halogens is 1. The van der Waals surface area contributed by atoms with Gasteiger partial charge in [-0.2, -0.15) is 0 Å². The van der Waals surface area contributed by atoms with Gasteiger partial charge >= 0.3 is 0 Å². The Hall–Kier alpha value is -1.19. The maximum atomic E-state index is 6.52. The van der Waals surface area contributed by atoms with Crippen LogP contribution in [0, 0.1) is 0 Å². The predicted octanol–water partition coefficient (Wildman–Crippen LogP) is 3.01. The molecule has 6 nitrogen and oxygen atoms in total. The van der Waals surface area contributed by atoms with E-state index in [2.05, 4.69) is 4.98 Å². The molecule has 4 rings (SSSR count). The van der Waals surface area contributed by atoms with Crippen LogP contribution in [0.1, 0.15) is 11.9 Å². The lowest BCUT2D eigenvalue weighted by Crippen LogP contribution is -2.64. The Kier molecular flexibility index (Phi) is 5.99. The fourth-order valence-electron chi connectivity index (χ4n) is 3.36. The summed E-state index contributed by atoms with van der Waals surface area (Å²) in [7, 11) is 1.63. The van der Waals surface area contributed by atoms with Gasteiger partial charge in [0.15, 0.2) is 6.29 Å². The van der Waals surface area contributed by atoms with E-state index in [1.165, 1.54) is 11.8 Å². The monoisotopic (exact) mass is 408 g/mol. The number of ether oxygens (including phenoxy) is 4. The third-order valence-electron chi connectivity index (χ3n) is 4.67. The molecule has 3 heterocycles. The van der Waals surface area contributed by atoms with Crippen molar-refractivity contribution >= 4 is 23.4 Å². The molecule has 8 heteroatoms. The van der Waals surface area contributed by atoms with E-state index in [1.54, 1.807) is 19.5 Å². The number of nitrogens with two attached hydrogens (primary N) is 1. The molecule has 144 valence electrons. The van der Waals surface area contributed by atoms with Crippen LogP contribution >= 0.6 is 23.4 Å². The number of benzene rings is 1. The van der Waals surface area contributed by atoms with E-state index < -0.39 is 6.29 Å². The van der Waals surface area contributed by atoms with Crippen molar-refractivity contribution in [3.63, 3.8) is 0 Å². The van der Waals surface area contributed by atoms with Gasteiger partial charge in [0.25, 0.3) is 0 Å². The summed E-state index contributed by atoms with van der Waals surface area (Å²) in [6.07, 6.45) is 1.95.